The summed E-state index contributed by atoms with van der Waals surface area (Å²) in [5.74, 6) is 1.55. The maximum atomic E-state index is 6.22. The molecule has 2 aromatic rings. The third kappa shape index (κ3) is 2.59. The third-order valence-corrected chi connectivity index (χ3v) is 3.59. The molecule has 2 rings (SSSR count). The highest BCUT2D eigenvalue weighted by Crippen LogP contribution is 2.22. The summed E-state index contributed by atoms with van der Waals surface area (Å²) in [6.07, 6.45) is 1.89. The molecule has 1 unspecified atom stereocenters. The number of fused-ring (bicyclic) bond motifs is 1. The first-order valence-electron chi connectivity index (χ1n) is 5.78. The lowest BCUT2D eigenvalue weighted by Crippen LogP contribution is -2.08. The van der Waals surface area contributed by atoms with Gasteiger partial charge in [0.15, 0.2) is 0 Å². The first-order chi connectivity index (χ1) is 7.66. The summed E-state index contributed by atoms with van der Waals surface area (Å²) in [4.78, 5) is 0. The molecule has 1 aromatic carbocycles. The number of furan rings is 1. The SMILES string of the molecule is CC(C)C(Cl)CCc1cc2ccccc2o1. The van der Waals surface area contributed by atoms with Gasteiger partial charge >= 0.3 is 0 Å². The summed E-state index contributed by atoms with van der Waals surface area (Å²) >= 11 is 6.22. The molecule has 0 aliphatic rings. The van der Waals surface area contributed by atoms with Crippen molar-refractivity contribution in [2.45, 2.75) is 32.1 Å². The summed E-state index contributed by atoms with van der Waals surface area (Å²) < 4.78 is 5.74. The Hall–Kier alpha value is -0.950. The van der Waals surface area contributed by atoms with E-state index in [-0.39, 0.29) is 5.38 Å². The molecule has 86 valence electrons. The lowest BCUT2D eigenvalue weighted by Gasteiger charge is -2.11. The quantitative estimate of drug-likeness (QED) is 0.706. The fourth-order valence-electron chi connectivity index (χ4n) is 1.77. The normalized spacial score (nSPS) is 13.5. The van der Waals surface area contributed by atoms with Gasteiger partial charge < -0.3 is 4.42 Å². The van der Waals surface area contributed by atoms with Crippen molar-refractivity contribution in [2.24, 2.45) is 5.92 Å². The number of halogens is 1. The van der Waals surface area contributed by atoms with Crippen LogP contribution in [-0.4, -0.2) is 5.38 Å². The Kier molecular flexibility index (Phi) is 3.55. The molecule has 0 spiro atoms. The second-order valence-electron chi connectivity index (χ2n) is 4.55. The van der Waals surface area contributed by atoms with Crippen molar-refractivity contribution in [3.63, 3.8) is 0 Å². The highest BCUT2D eigenvalue weighted by atomic mass is 35.5. The molecule has 0 N–H and O–H groups in total. The van der Waals surface area contributed by atoms with E-state index in [1.165, 1.54) is 5.39 Å². The van der Waals surface area contributed by atoms with Crippen LogP contribution in [0.4, 0.5) is 0 Å². The summed E-state index contributed by atoms with van der Waals surface area (Å²) in [6, 6.07) is 10.2. The highest BCUT2D eigenvalue weighted by molar-refractivity contribution is 6.20. The molecule has 0 bridgehead atoms. The van der Waals surface area contributed by atoms with Crippen molar-refractivity contribution in [3.05, 3.63) is 36.1 Å². The van der Waals surface area contributed by atoms with Gasteiger partial charge in [-0.05, 0) is 24.5 Å². The maximum Gasteiger partial charge on any atom is 0.134 e. The van der Waals surface area contributed by atoms with E-state index in [0.29, 0.717) is 5.92 Å². The molecular weight excluding hydrogens is 220 g/mol. The fourth-order valence-corrected chi connectivity index (χ4v) is 1.88. The van der Waals surface area contributed by atoms with Gasteiger partial charge in [0.2, 0.25) is 0 Å². The molecular formula is C14H17ClO. The van der Waals surface area contributed by atoms with E-state index in [1.54, 1.807) is 0 Å². The average Bonchev–Trinajstić information content (AvgIpc) is 2.68. The van der Waals surface area contributed by atoms with Gasteiger partial charge in [0, 0.05) is 17.2 Å². The predicted molar refractivity (Wildman–Crippen MR) is 69.0 cm³/mol. The average molecular weight is 237 g/mol. The molecule has 0 aliphatic carbocycles. The number of aryl methyl sites for hydroxylation is 1. The Morgan fingerprint density at radius 3 is 2.69 bits per heavy atom. The van der Waals surface area contributed by atoms with Crippen LogP contribution in [0.3, 0.4) is 0 Å². The minimum Gasteiger partial charge on any atom is -0.461 e. The standard InChI is InChI=1S/C14H17ClO/c1-10(2)13(15)8-7-12-9-11-5-3-4-6-14(11)16-12/h3-6,9-10,13H,7-8H2,1-2H3. The third-order valence-electron chi connectivity index (χ3n) is 2.87. The van der Waals surface area contributed by atoms with Crippen molar-refractivity contribution >= 4 is 22.6 Å². The van der Waals surface area contributed by atoms with Crippen molar-refractivity contribution < 1.29 is 4.42 Å². The zero-order valence-electron chi connectivity index (χ0n) is 9.74. The Labute approximate surface area is 101 Å². The molecule has 0 radical (unpaired) electrons. The fraction of sp³-hybridized carbons (Fsp3) is 0.429. The van der Waals surface area contributed by atoms with Crippen LogP contribution in [0, 0.1) is 5.92 Å². The molecule has 0 saturated heterocycles. The molecule has 0 aliphatic heterocycles. The van der Waals surface area contributed by atoms with Gasteiger partial charge in [-0.15, -0.1) is 11.6 Å². The van der Waals surface area contributed by atoms with E-state index in [4.69, 9.17) is 16.0 Å². The Morgan fingerprint density at radius 2 is 2.00 bits per heavy atom. The van der Waals surface area contributed by atoms with Crippen LogP contribution in [0.25, 0.3) is 11.0 Å². The second-order valence-corrected chi connectivity index (χ2v) is 5.11. The van der Waals surface area contributed by atoms with Crippen LogP contribution in [0.15, 0.2) is 34.7 Å². The first-order valence-corrected chi connectivity index (χ1v) is 6.22. The molecule has 2 heteroatoms. The molecule has 0 amide bonds. The van der Waals surface area contributed by atoms with Crippen molar-refractivity contribution in [1.29, 1.82) is 0 Å². The van der Waals surface area contributed by atoms with Crippen molar-refractivity contribution in [3.8, 4) is 0 Å². The van der Waals surface area contributed by atoms with Crippen LogP contribution < -0.4 is 0 Å². The molecule has 1 heterocycles. The Bertz CT molecular complexity index is 425. The number of para-hydroxylation sites is 1. The first kappa shape index (κ1) is 11.5. The second kappa shape index (κ2) is 4.92. The monoisotopic (exact) mass is 236 g/mol. The van der Waals surface area contributed by atoms with E-state index in [9.17, 15) is 0 Å². The Morgan fingerprint density at radius 1 is 1.25 bits per heavy atom. The van der Waals surface area contributed by atoms with Crippen LogP contribution in [0.2, 0.25) is 0 Å². The number of benzene rings is 1. The van der Waals surface area contributed by atoms with E-state index in [2.05, 4.69) is 26.0 Å². The minimum absolute atomic E-state index is 0.230. The summed E-state index contributed by atoms with van der Waals surface area (Å²) in [6.45, 7) is 4.30. The Balaban J connectivity index is 2.05. The maximum absolute atomic E-state index is 6.22. The number of hydrogen-bond donors (Lipinski definition) is 0. The molecule has 1 aromatic heterocycles. The summed E-state index contributed by atoms with van der Waals surface area (Å²) in [5.41, 5.74) is 0.966. The van der Waals surface area contributed by atoms with Gasteiger partial charge in [0.1, 0.15) is 11.3 Å². The zero-order chi connectivity index (χ0) is 11.5. The molecule has 0 saturated carbocycles. The van der Waals surface area contributed by atoms with Gasteiger partial charge in [0.05, 0.1) is 0 Å². The van der Waals surface area contributed by atoms with Crippen LogP contribution >= 0.6 is 11.6 Å². The largest absolute Gasteiger partial charge is 0.461 e. The lowest BCUT2D eigenvalue weighted by atomic mass is 10.0. The van der Waals surface area contributed by atoms with Crippen molar-refractivity contribution in [1.82, 2.24) is 0 Å². The van der Waals surface area contributed by atoms with E-state index >= 15 is 0 Å². The number of alkyl halides is 1. The van der Waals surface area contributed by atoms with Crippen molar-refractivity contribution in [2.75, 3.05) is 0 Å². The summed E-state index contributed by atoms with van der Waals surface area (Å²) in [5, 5.41) is 1.40. The van der Waals surface area contributed by atoms with Gasteiger partial charge in [-0.2, -0.15) is 0 Å². The van der Waals surface area contributed by atoms with Gasteiger partial charge in [-0.3, -0.25) is 0 Å². The number of hydrogen-bond acceptors (Lipinski definition) is 1. The minimum atomic E-state index is 0.230. The molecule has 1 nitrogen and oxygen atoms in total. The van der Waals surface area contributed by atoms with Crippen LogP contribution in [0.5, 0.6) is 0 Å². The lowest BCUT2D eigenvalue weighted by molar-refractivity contribution is 0.504. The van der Waals surface area contributed by atoms with E-state index in [0.717, 1.165) is 24.2 Å². The van der Waals surface area contributed by atoms with E-state index < -0.39 is 0 Å². The number of rotatable bonds is 4. The molecule has 16 heavy (non-hydrogen) atoms. The zero-order valence-corrected chi connectivity index (χ0v) is 10.5. The molecule has 1 atom stereocenters. The predicted octanol–water partition coefficient (Wildman–Crippen LogP) is 4.63. The van der Waals surface area contributed by atoms with Crippen LogP contribution in [-0.2, 0) is 6.42 Å². The summed E-state index contributed by atoms with van der Waals surface area (Å²) in [7, 11) is 0. The van der Waals surface area contributed by atoms with Gasteiger partial charge in [-0.25, -0.2) is 0 Å². The topological polar surface area (TPSA) is 13.1 Å². The smallest absolute Gasteiger partial charge is 0.134 e. The van der Waals surface area contributed by atoms with E-state index in [1.807, 2.05) is 18.2 Å². The van der Waals surface area contributed by atoms with Gasteiger partial charge in [-0.1, -0.05) is 32.0 Å². The molecule has 0 fully saturated rings. The van der Waals surface area contributed by atoms with Gasteiger partial charge in [0.25, 0.3) is 0 Å². The van der Waals surface area contributed by atoms with Crippen LogP contribution in [0.1, 0.15) is 26.0 Å². The highest BCUT2D eigenvalue weighted by Gasteiger charge is 2.11.